The molecule has 1 atom stereocenters. The second-order valence-corrected chi connectivity index (χ2v) is 6.64. The molecule has 2 aromatic carbocycles. The second-order valence-electron chi connectivity index (χ2n) is 6.64. The van der Waals surface area contributed by atoms with E-state index in [1.54, 1.807) is 0 Å². The number of nitrogens with one attached hydrogen (secondary N) is 2. The average Bonchev–Trinajstić information content (AvgIpc) is 3.29. The number of rotatable bonds is 4. The zero-order valence-corrected chi connectivity index (χ0v) is 14.3. The van der Waals surface area contributed by atoms with Crippen molar-refractivity contribution in [3.63, 3.8) is 0 Å². The first-order valence-electron chi connectivity index (χ1n) is 8.78. The normalized spacial score (nSPS) is 17.1. The lowest BCUT2D eigenvalue weighted by Gasteiger charge is -2.10. The smallest absolute Gasteiger partial charge is 0.251 e. The number of aryl methyl sites for hydroxylation is 1. The minimum Gasteiger partial charge on any atom is -0.459 e. The predicted molar refractivity (Wildman–Crippen MR) is 98.8 cm³/mol. The van der Waals surface area contributed by atoms with Gasteiger partial charge >= 0.3 is 0 Å². The molecule has 1 aliphatic rings. The van der Waals surface area contributed by atoms with Gasteiger partial charge in [0.2, 0.25) is 0 Å². The lowest BCUT2D eigenvalue weighted by atomic mass is 9.97. The average molecular weight is 334 g/mol. The van der Waals surface area contributed by atoms with E-state index < -0.39 is 0 Å². The Balaban J connectivity index is 1.43. The van der Waals surface area contributed by atoms with Gasteiger partial charge in [-0.2, -0.15) is 0 Å². The molecule has 0 saturated carbocycles. The molecule has 4 nitrogen and oxygen atoms in total. The Kier molecular flexibility index (Phi) is 4.28. The first kappa shape index (κ1) is 15.9. The van der Waals surface area contributed by atoms with Gasteiger partial charge in [0.1, 0.15) is 11.3 Å². The number of fused-ring (bicyclic) bond motifs is 1. The van der Waals surface area contributed by atoms with Crippen LogP contribution in [0.25, 0.3) is 11.0 Å². The SMILES string of the molecule is Cc1c(CNC(=O)c2ccc([C@@H]3CCNC3)cc2)oc2ccccc12. The third kappa shape index (κ3) is 3.17. The van der Waals surface area contributed by atoms with E-state index in [9.17, 15) is 4.79 Å². The molecule has 0 spiro atoms. The molecule has 1 aromatic heterocycles. The van der Waals surface area contributed by atoms with Crippen LogP contribution >= 0.6 is 0 Å². The minimum atomic E-state index is -0.0732. The summed E-state index contributed by atoms with van der Waals surface area (Å²) in [5.41, 5.74) is 3.93. The van der Waals surface area contributed by atoms with Crippen LogP contribution in [0.4, 0.5) is 0 Å². The maximum atomic E-state index is 12.4. The number of hydrogen-bond donors (Lipinski definition) is 2. The highest BCUT2D eigenvalue weighted by Crippen LogP contribution is 2.25. The molecule has 0 bridgehead atoms. The summed E-state index contributed by atoms with van der Waals surface area (Å²) < 4.78 is 5.85. The van der Waals surface area contributed by atoms with Crippen LogP contribution in [0.5, 0.6) is 0 Å². The molecule has 4 heteroatoms. The number of carbonyl (C=O) groups excluding carboxylic acids is 1. The lowest BCUT2D eigenvalue weighted by molar-refractivity contribution is 0.0948. The summed E-state index contributed by atoms with van der Waals surface area (Å²) in [5, 5.41) is 7.43. The van der Waals surface area contributed by atoms with E-state index in [-0.39, 0.29) is 5.91 Å². The Bertz CT molecular complexity index is 890. The molecular formula is C21H22N2O2. The van der Waals surface area contributed by atoms with Crippen molar-refractivity contribution < 1.29 is 9.21 Å². The van der Waals surface area contributed by atoms with E-state index in [1.807, 2.05) is 43.3 Å². The topological polar surface area (TPSA) is 54.3 Å². The summed E-state index contributed by atoms with van der Waals surface area (Å²) in [6.45, 7) is 4.52. The van der Waals surface area contributed by atoms with Crippen molar-refractivity contribution in [3.05, 3.63) is 71.0 Å². The Morgan fingerprint density at radius 3 is 2.72 bits per heavy atom. The van der Waals surface area contributed by atoms with E-state index >= 15 is 0 Å². The zero-order valence-electron chi connectivity index (χ0n) is 14.3. The molecule has 2 N–H and O–H groups in total. The minimum absolute atomic E-state index is 0.0732. The van der Waals surface area contributed by atoms with Crippen molar-refractivity contribution >= 4 is 16.9 Å². The van der Waals surface area contributed by atoms with Crippen molar-refractivity contribution in [2.45, 2.75) is 25.8 Å². The maximum Gasteiger partial charge on any atom is 0.251 e. The van der Waals surface area contributed by atoms with Gasteiger partial charge in [0, 0.05) is 23.1 Å². The van der Waals surface area contributed by atoms with Gasteiger partial charge in [-0.15, -0.1) is 0 Å². The molecule has 1 saturated heterocycles. The predicted octanol–water partition coefficient (Wildman–Crippen LogP) is 3.75. The standard InChI is InChI=1S/C21H22N2O2/c1-14-18-4-2-3-5-19(18)25-20(14)13-23-21(24)16-8-6-15(7-9-16)17-10-11-22-12-17/h2-9,17,22H,10-13H2,1H3,(H,23,24)/t17-/m1/s1. The molecule has 0 aliphatic carbocycles. The van der Waals surface area contributed by atoms with Gasteiger partial charge in [0.05, 0.1) is 6.54 Å². The van der Waals surface area contributed by atoms with Crippen LogP contribution < -0.4 is 10.6 Å². The van der Waals surface area contributed by atoms with Crippen LogP contribution in [0.2, 0.25) is 0 Å². The number of carbonyl (C=O) groups is 1. The van der Waals surface area contributed by atoms with E-state index in [4.69, 9.17) is 4.42 Å². The fraction of sp³-hybridized carbons (Fsp3) is 0.286. The first-order chi connectivity index (χ1) is 12.2. The van der Waals surface area contributed by atoms with Crippen molar-refractivity contribution in [1.82, 2.24) is 10.6 Å². The van der Waals surface area contributed by atoms with E-state index in [0.29, 0.717) is 18.0 Å². The van der Waals surface area contributed by atoms with Crippen molar-refractivity contribution in [2.24, 2.45) is 0 Å². The Morgan fingerprint density at radius 2 is 2.00 bits per heavy atom. The largest absolute Gasteiger partial charge is 0.459 e. The van der Waals surface area contributed by atoms with Gasteiger partial charge in [-0.05, 0) is 49.6 Å². The highest BCUT2D eigenvalue weighted by Gasteiger charge is 2.17. The molecule has 4 rings (SSSR count). The highest BCUT2D eigenvalue weighted by molar-refractivity contribution is 5.94. The molecule has 1 fully saturated rings. The van der Waals surface area contributed by atoms with Gasteiger partial charge in [-0.1, -0.05) is 30.3 Å². The summed E-state index contributed by atoms with van der Waals surface area (Å²) in [6, 6.07) is 15.9. The molecular weight excluding hydrogens is 312 g/mol. The number of amides is 1. The van der Waals surface area contributed by atoms with Crippen LogP contribution in [0.1, 0.15) is 39.6 Å². The highest BCUT2D eigenvalue weighted by atomic mass is 16.3. The summed E-state index contributed by atoms with van der Waals surface area (Å²) in [4.78, 5) is 12.4. The quantitative estimate of drug-likeness (QED) is 0.764. The van der Waals surface area contributed by atoms with Gasteiger partial charge in [-0.3, -0.25) is 4.79 Å². The van der Waals surface area contributed by atoms with Crippen molar-refractivity contribution in [3.8, 4) is 0 Å². The first-order valence-corrected chi connectivity index (χ1v) is 8.78. The van der Waals surface area contributed by atoms with Gasteiger partial charge in [0.15, 0.2) is 0 Å². The molecule has 25 heavy (non-hydrogen) atoms. The maximum absolute atomic E-state index is 12.4. The Hall–Kier alpha value is -2.59. The van der Waals surface area contributed by atoms with Gasteiger partial charge < -0.3 is 15.1 Å². The number of furan rings is 1. The second kappa shape index (κ2) is 6.73. The third-order valence-electron chi connectivity index (χ3n) is 5.06. The number of hydrogen-bond acceptors (Lipinski definition) is 3. The summed E-state index contributed by atoms with van der Waals surface area (Å²) >= 11 is 0. The van der Waals surface area contributed by atoms with Crippen molar-refractivity contribution in [2.75, 3.05) is 13.1 Å². The Morgan fingerprint density at radius 1 is 1.20 bits per heavy atom. The fourth-order valence-corrected chi connectivity index (χ4v) is 3.50. The molecule has 3 aromatic rings. The molecule has 0 unspecified atom stereocenters. The monoisotopic (exact) mass is 334 g/mol. The molecule has 1 aliphatic heterocycles. The summed E-state index contributed by atoms with van der Waals surface area (Å²) in [5.74, 6) is 1.30. The van der Waals surface area contributed by atoms with Crippen LogP contribution in [-0.4, -0.2) is 19.0 Å². The third-order valence-corrected chi connectivity index (χ3v) is 5.06. The van der Waals surface area contributed by atoms with Crippen LogP contribution in [-0.2, 0) is 6.54 Å². The fourth-order valence-electron chi connectivity index (χ4n) is 3.50. The summed E-state index contributed by atoms with van der Waals surface area (Å²) in [7, 11) is 0. The molecule has 128 valence electrons. The summed E-state index contributed by atoms with van der Waals surface area (Å²) in [6.07, 6.45) is 1.16. The number of para-hydroxylation sites is 1. The Labute approximate surface area is 147 Å². The van der Waals surface area contributed by atoms with Crippen molar-refractivity contribution in [1.29, 1.82) is 0 Å². The number of benzene rings is 2. The van der Waals surface area contributed by atoms with Crippen LogP contribution in [0.3, 0.4) is 0 Å². The van der Waals surface area contributed by atoms with E-state index in [2.05, 4.69) is 22.8 Å². The van der Waals surface area contributed by atoms with E-state index in [0.717, 1.165) is 41.8 Å². The van der Waals surface area contributed by atoms with Crippen LogP contribution in [0, 0.1) is 6.92 Å². The lowest BCUT2D eigenvalue weighted by Crippen LogP contribution is -2.22. The van der Waals surface area contributed by atoms with Gasteiger partial charge in [-0.25, -0.2) is 0 Å². The molecule has 1 amide bonds. The molecule has 0 radical (unpaired) electrons. The van der Waals surface area contributed by atoms with Crippen LogP contribution in [0.15, 0.2) is 52.9 Å². The molecule has 2 heterocycles. The zero-order chi connectivity index (χ0) is 17.2. The van der Waals surface area contributed by atoms with Gasteiger partial charge in [0.25, 0.3) is 5.91 Å². The van der Waals surface area contributed by atoms with E-state index in [1.165, 1.54) is 5.56 Å².